The number of aromatic nitrogens is 4. The number of hydrogen-bond acceptors (Lipinski definition) is 8. The highest BCUT2D eigenvalue weighted by atomic mass is 32.2. The molecule has 1 aliphatic heterocycles. The Hall–Kier alpha value is -3.98. The summed E-state index contributed by atoms with van der Waals surface area (Å²) in [6.45, 7) is 1.50. The van der Waals surface area contributed by atoms with Crippen LogP contribution >= 0.6 is 0 Å². The van der Waals surface area contributed by atoms with Crippen LogP contribution < -0.4 is 0 Å². The van der Waals surface area contributed by atoms with Crippen LogP contribution in [0.25, 0.3) is 33.7 Å². The topological polar surface area (TPSA) is 130 Å². The van der Waals surface area contributed by atoms with Gasteiger partial charge in [-0.1, -0.05) is 18.2 Å². The number of fused-ring (bicyclic) bond motifs is 3. The summed E-state index contributed by atoms with van der Waals surface area (Å²) in [5.74, 6) is 1.49. The van der Waals surface area contributed by atoms with Crippen LogP contribution in [0.3, 0.4) is 0 Å². The number of rotatable bonds is 6. The van der Waals surface area contributed by atoms with E-state index in [9.17, 15) is 18.8 Å². The smallest absolute Gasteiger partial charge is 0.269 e. The van der Waals surface area contributed by atoms with Gasteiger partial charge in [-0.15, -0.1) is 0 Å². The van der Waals surface area contributed by atoms with Crippen LogP contribution in [0.1, 0.15) is 18.2 Å². The van der Waals surface area contributed by atoms with Gasteiger partial charge in [0.15, 0.2) is 17.2 Å². The lowest BCUT2D eigenvalue weighted by molar-refractivity contribution is 0.248. The predicted molar refractivity (Wildman–Crippen MR) is 131 cm³/mol. The van der Waals surface area contributed by atoms with E-state index < -0.39 is 10.0 Å². The van der Waals surface area contributed by atoms with Crippen molar-refractivity contribution in [3.8, 4) is 17.7 Å². The van der Waals surface area contributed by atoms with Crippen molar-refractivity contribution < 1.29 is 17.9 Å². The molecule has 4 aromatic heterocycles. The zero-order chi connectivity index (χ0) is 24.9. The number of likely N-dealkylation sites (tertiary alicyclic amines) is 1. The van der Waals surface area contributed by atoms with E-state index in [0.29, 0.717) is 47.0 Å². The van der Waals surface area contributed by atoms with E-state index in [1.54, 1.807) is 54.7 Å². The van der Waals surface area contributed by atoms with Crippen LogP contribution in [0.5, 0.6) is 0 Å². The Morgan fingerprint density at radius 3 is 2.75 bits per heavy atom. The van der Waals surface area contributed by atoms with Crippen molar-refractivity contribution in [1.29, 1.82) is 5.26 Å². The second kappa shape index (κ2) is 8.60. The van der Waals surface area contributed by atoms with Gasteiger partial charge in [-0.3, -0.25) is 4.90 Å². The van der Waals surface area contributed by atoms with E-state index in [1.807, 2.05) is 0 Å². The average molecular weight is 503 g/mol. The van der Waals surface area contributed by atoms with Gasteiger partial charge in [-0.25, -0.2) is 22.4 Å². The highest BCUT2D eigenvalue weighted by Crippen LogP contribution is 2.37. The number of furan rings is 1. The van der Waals surface area contributed by atoms with Crippen LogP contribution in [0.2, 0.25) is 0 Å². The maximum Gasteiger partial charge on any atom is 0.269 e. The summed E-state index contributed by atoms with van der Waals surface area (Å²) in [6.07, 6.45) is 3.89. The molecule has 11 heteroatoms. The van der Waals surface area contributed by atoms with Crippen molar-refractivity contribution in [2.75, 3.05) is 19.6 Å². The molecule has 182 valence electrons. The van der Waals surface area contributed by atoms with E-state index in [0.717, 1.165) is 18.5 Å². The zero-order valence-electron chi connectivity index (χ0n) is 19.1. The first-order chi connectivity index (χ1) is 17.5. The van der Waals surface area contributed by atoms with Gasteiger partial charge >= 0.3 is 0 Å². The average Bonchev–Trinajstić information content (AvgIpc) is 3.68. The zero-order valence-corrected chi connectivity index (χ0v) is 20.0. The highest BCUT2D eigenvalue weighted by molar-refractivity contribution is 7.90. The highest BCUT2D eigenvalue weighted by Gasteiger charge is 2.30. The summed E-state index contributed by atoms with van der Waals surface area (Å²) in [5, 5.41) is 19.3. The van der Waals surface area contributed by atoms with Gasteiger partial charge in [0.25, 0.3) is 10.0 Å². The Labute approximate surface area is 206 Å². The molecule has 1 aromatic carbocycles. The Kier molecular flexibility index (Phi) is 5.37. The lowest BCUT2D eigenvalue weighted by Crippen LogP contribution is -2.22. The standard InChI is InChI=1S/C25H22N6O4S/c26-10-13-29-11-8-17(15-29)31-23-20-9-12-30(36(33,34)19-4-2-1-3-5-19)24(20)27-14-21(23)28-25(31)22-7-6-18(16-32)35-22/h1-7,9,12,14,17,32H,8,11,13,15-16H2. The van der Waals surface area contributed by atoms with Crippen molar-refractivity contribution in [2.45, 2.75) is 24.0 Å². The molecule has 5 aromatic rings. The molecule has 36 heavy (non-hydrogen) atoms. The Morgan fingerprint density at radius 2 is 2.00 bits per heavy atom. The molecule has 1 atom stereocenters. The minimum Gasteiger partial charge on any atom is -0.455 e. The second-order valence-electron chi connectivity index (χ2n) is 8.72. The summed E-state index contributed by atoms with van der Waals surface area (Å²) < 4.78 is 35.9. The molecule has 0 amide bonds. The van der Waals surface area contributed by atoms with Crippen molar-refractivity contribution in [3.05, 3.63) is 66.7 Å². The fraction of sp³-hybridized carbons (Fsp3) is 0.240. The van der Waals surface area contributed by atoms with Gasteiger partial charge in [0.1, 0.15) is 17.9 Å². The summed E-state index contributed by atoms with van der Waals surface area (Å²) in [4.78, 5) is 11.5. The lowest BCUT2D eigenvalue weighted by atomic mass is 10.2. The molecule has 0 saturated carbocycles. The molecule has 0 radical (unpaired) electrons. The SMILES string of the molecule is N#CCN1CCC(n2c(-c3ccc(CO)o3)nc3cnc4c(ccn4S(=O)(=O)c4ccccc4)c32)C1. The number of hydrogen-bond donors (Lipinski definition) is 1. The van der Waals surface area contributed by atoms with Crippen LogP contribution in [0.15, 0.2) is 70.2 Å². The number of aliphatic hydroxyl groups excluding tert-OH is 1. The monoisotopic (exact) mass is 502 g/mol. The van der Waals surface area contributed by atoms with E-state index in [-0.39, 0.29) is 17.5 Å². The quantitative estimate of drug-likeness (QED) is 0.351. The van der Waals surface area contributed by atoms with Crippen LogP contribution in [-0.2, 0) is 16.6 Å². The van der Waals surface area contributed by atoms with Gasteiger partial charge < -0.3 is 14.1 Å². The molecule has 1 saturated heterocycles. The minimum atomic E-state index is -3.85. The third kappa shape index (κ3) is 3.50. The number of pyridine rings is 1. The molecule has 10 nitrogen and oxygen atoms in total. The van der Waals surface area contributed by atoms with Crippen molar-refractivity contribution in [3.63, 3.8) is 0 Å². The molecule has 0 aliphatic carbocycles. The lowest BCUT2D eigenvalue weighted by Gasteiger charge is -2.17. The molecular formula is C25H22N6O4S. The number of nitrogens with zero attached hydrogens (tertiary/aromatic N) is 6. The Morgan fingerprint density at radius 1 is 1.17 bits per heavy atom. The van der Waals surface area contributed by atoms with Crippen molar-refractivity contribution in [2.24, 2.45) is 0 Å². The molecule has 0 bridgehead atoms. The maximum absolute atomic E-state index is 13.4. The molecule has 5 heterocycles. The summed E-state index contributed by atoms with van der Waals surface area (Å²) >= 11 is 0. The summed E-state index contributed by atoms with van der Waals surface area (Å²) in [7, 11) is -3.85. The molecule has 0 spiro atoms. The van der Waals surface area contributed by atoms with Crippen LogP contribution in [0.4, 0.5) is 0 Å². The summed E-state index contributed by atoms with van der Waals surface area (Å²) in [5.41, 5.74) is 1.66. The molecular weight excluding hydrogens is 480 g/mol. The fourth-order valence-corrected chi connectivity index (χ4v) is 6.25. The predicted octanol–water partition coefficient (Wildman–Crippen LogP) is 3.15. The van der Waals surface area contributed by atoms with Crippen molar-refractivity contribution >= 4 is 32.1 Å². The van der Waals surface area contributed by atoms with Gasteiger partial charge in [0, 0.05) is 30.7 Å². The molecule has 1 aliphatic rings. The maximum atomic E-state index is 13.4. The first-order valence-electron chi connectivity index (χ1n) is 11.5. The number of imidazole rings is 1. The third-order valence-corrected chi connectivity index (χ3v) is 8.25. The second-order valence-corrected chi connectivity index (χ2v) is 10.5. The first kappa shape index (κ1) is 22.5. The van der Waals surface area contributed by atoms with E-state index in [1.165, 1.54) is 10.2 Å². The third-order valence-electron chi connectivity index (χ3n) is 6.57. The van der Waals surface area contributed by atoms with Gasteiger partial charge in [-0.2, -0.15) is 5.26 Å². The van der Waals surface area contributed by atoms with Gasteiger partial charge in [0.2, 0.25) is 0 Å². The molecule has 1 unspecified atom stereocenters. The van der Waals surface area contributed by atoms with E-state index >= 15 is 0 Å². The Balaban J connectivity index is 1.58. The number of nitriles is 1. The van der Waals surface area contributed by atoms with E-state index in [4.69, 9.17) is 9.40 Å². The van der Waals surface area contributed by atoms with Gasteiger partial charge in [0.05, 0.1) is 29.2 Å². The van der Waals surface area contributed by atoms with Crippen molar-refractivity contribution in [1.82, 2.24) is 23.4 Å². The summed E-state index contributed by atoms with van der Waals surface area (Å²) in [6, 6.07) is 15.7. The minimum absolute atomic E-state index is 0.0132. The van der Waals surface area contributed by atoms with E-state index in [2.05, 4.69) is 20.5 Å². The van der Waals surface area contributed by atoms with Crippen LogP contribution in [0, 0.1) is 11.3 Å². The fourth-order valence-electron chi connectivity index (χ4n) is 4.93. The largest absolute Gasteiger partial charge is 0.455 e. The van der Waals surface area contributed by atoms with Crippen LogP contribution in [-0.4, -0.2) is 56.6 Å². The Bertz CT molecular complexity index is 1730. The molecule has 6 rings (SSSR count). The van der Waals surface area contributed by atoms with Gasteiger partial charge in [-0.05, 0) is 36.8 Å². The molecule has 1 fully saturated rings. The first-order valence-corrected chi connectivity index (χ1v) is 12.9. The number of aliphatic hydroxyl groups is 1. The number of benzene rings is 1. The normalized spacial score (nSPS) is 16.7. The molecule has 1 N–H and O–H groups in total.